The molecule has 0 amide bonds. The van der Waals surface area contributed by atoms with Crippen LogP contribution in [0.4, 0.5) is 0 Å². The number of hydrogen-bond acceptors (Lipinski definition) is 0. The molecule has 260 valence electrons. The Hall–Kier alpha value is -3.21. The monoisotopic (exact) mass is 670 g/mol. The van der Waals surface area contributed by atoms with E-state index in [4.69, 9.17) is 2.74 Å². The maximum atomic E-state index is 8.10. The van der Waals surface area contributed by atoms with Gasteiger partial charge in [-0.2, -0.15) is 0 Å². The van der Waals surface area contributed by atoms with Crippen LogP contribution in [0.3, 0.4) is 0 Å². The van der Waals surface area contributed by atoms with Crippen LogP contribution in [0.15, 0.2) is 72.7 Å². The average molecular weight is 671 g/mol. The summed E-state index contributed by atoms with van der Waals surface area (Å²) in [6.45, 7) is 2.29. The van der Waals surface area contributed by atoms with Crippen LogP contribution in [0.5, 0.6) is 0 Å². The minimum atomic E-state index is 0.0168. The molecule has 5 aliphatic carbocycles. The highest BCUT2D eigenvalue weighted by atomic mass is 15.2. The summed E-state index contributed by atoms with van der Waals surface area (Å²) in [6.07, 6.45) is 37.3. The molecule has 5 nitrogen and oxygen atoms in total. The van der Waals surface area contributed by atoms with Crippen LogP contribution in [0.1, 0.15) is 122 Å². The van der Waals surface area contributed by atoms with Crippen LogP contribution in [-0.4, -0.2) is 72.2 Å². The van der Waals surface area contributed by atoms with Crippen molar-refractivity contribution in [2.24, 2.45) is 29.6 Å². The van der Waals surface area contributed by atoms with Crippen molar-refractivity contribution in [3.05, 3.63) is 84.1 Å². The molecule has 10 unspecified atom stereocenters. The molecule has 50 heavy (non-hydrogen) atoms. The second-order valence-corrected chi connectivity index (χ2v) is 17.5. The Bertz CT molecular complexity index is 1880. The van der Waals surface area contributed by atoms with Crippen molar-refractivity contribution >= 4 is 17.6 Å². The van der Waals surface area contributed by atoms with Crippen molar-refractivity contribution in [2.75, 3.05) is 19.6 Å². The van der Waals surface area contributed by atoms with Gasteiger partial charge in [-0.1, -0.05) is 38.5 Å². The second-order valence-electron chi connectivity index (χ2n) is 17.5. The molecule has 10 atom stereocenters. The number of rotatable bonds is 2. The van der Waals surface area contributed by atoms with Gasteiger partial charge in [-0.15, -0.1) is 0 Å². The third-order valence-corrected chi connectivity index (χ3v) is 14.6. The fourth-order valence-corrected chi connectivity index (χ4v) is 11.4. The standard InChI is InChI=1S/C12H18N.C12H17N.2C7H8N.C7H7N/c2*1-2-5-10(6-3-1)11-9-13-8-4-7-12(11)13;3*1-2-6-5-4-7(5)8(6)3-1/h4,7,10-11H,1-3,5-6,8-9H2;4,7-8,10-11H,1-3,5-6,9H2;2-3,5,7H,1,4H2;1-2,5,7H,3-4H2;1-3,5,7H,4H2/q+1;;2*+1;/i2*9D;;;. The van der Waals surface area contributed by atoms with Gasteiger partial charge in [0.1, 0.15) is 25.3 Å². The fraction of sp³-hybridized carbons (Fsp3) is 0.622. The second kappa shape index (κ2) is 12.2. The minimum absolute atomic E-state index is 0.0168. The van der Waals surface area contributed by atoms with Crippen molar-refractivity contribution in [3.8, 4) is 0 Å². The molecule has 1 saturated heterocycles. The number of aromatic nitrogens is 2. The average Bonchev–Trinajstić information content (AvgIpc) is 3.91. The van der Waals surface area contributed by atoms with E-state index < -0.39 is 0 Å². The maximum Gasteiger partial charge on any atom is 0.187 e. The first kappa shape index (κ1) is 28.4. The van der Waals surface area contributed by atoms with E-state index >= 15 is 0 Å². The van der Waals surface area contributed by atoms with Gasteiger partial charge in [0.05, 0.1) is 1.37 Å². The Morgan fingerprint density at radius 2 is 1.42 bits per heavy atom. The van der Waals surface area contributed by atoms with E-state index in [1.165, 1.54) is 108 Å². The van der Waals surface area contributed by atoms with Gasteiger partial charge in [0, 0.05) is 79.6 Å². The molecule has 0 bridgehead atoms. The van der Waals surface area contributed by atoms with Gasteiger partial charge in [-0.05, 0) is 86.4 Å². The van der Waals surface area contributed by atoms with Crippen LogP contribution in [-0.2, 0) is 6.52 Å². The maximum absolute atomic E-state index is 8.10. The van der Waals surface area contributed by atoms with Crippen molar-refractivity contribution in [1.29, 1.82) is 0 Å². The first-order valence-electron chi connectivity index (χ1n) is 21.9. The Labute approximate surface area is 302 Å². The highest BCUT2D eigenvalue weighted by molar-refractivity contribution is 5.99. The molecule has 13 aliphatic rings. The van der Waals surface area contributed by atoms with Crippen molar-refractivity contribution in [1.82, 2.24) is 9.13 Å². The van der Waals surface area contributed by atoms with E-state index in [2.05, 4.69) is 89.9 Å². The summed E-state index contributed by atoms with van der Waals surface area (Å²) in [5.74, 6) is 5.74. The zero-order chi connectivity index (χ0) is 34.5. The first-order valence-corrected chi connectivity index (χ1v) is 20.8. The van der Waals surface area contributed by atoms with Gasteiger partial charge in [-0.25, -0.2) is 13.7 Å². The number of fused-ring (bicyclic) bond motifs is 12. The molecule has 5 saturated carbocycles. The molecule has 8 aliphatic heterocycles. The summed E-state index contributed by atoms with van der Waals surface area (Å²) in [5, 5.41) is 0. The Balaban J connectivity index is 0.0000000787. The Morgan fingerprint density at radius 3 is 2.22 bits per heavy atom. The summed E-state index contributed by atoms with van der Waals surface area (Å²) in [7, 11) is 0. The predicted octanol–water partition coefficient (Wildman–Crippen LogP) is 8.09. The van der Waals surface area contributed by atoms with Gasteiger partial charge in [-0.3, -0.25) is 0 Å². The highest BCUT2D eigenvalue weighted by Gasteiger charge is 2.65. The lowest BCUT2D eigenvalue weighted by Crippen LogP contribution is -2.45. The summed E-state index contributed by atoms with van der Waals surface area (Å²) in [5.41, 5.74) is 7.69. The molecule has 5 heteroatoms. The van der Waals surface area contributed by atoms with E-state index in [1.54, 1.807) is 17.1 Å². The van der Waals surface area contributed by atoms with Crippen LogP contribution in [0, 0.1) is 29.6 Å². The zero-order valence-corrected chi connectivity index (χ0v) is 29.9. The summed E-state index contributed by atoms with van der Waals surface area (Å²) in [4.78, 5) is 0. The third kappa shape index (κ3) is 5.18. The molecule has 0 N–H and O–H groups in total. The Kier molecular flexibility index (Phi) is 6.92. The molecule has 2 aromatic rings. The van der Waals surface area contributed by atoms with E-state index in [-0.39, 0.29) is 13.0 Å². The number of hydrogen-bond donors (Lipinski definition) is 0. The van der Waals surface area contributed by atoms with Crippen LogP contribution in [0.25, 0.3) is 0 Å². The lowest BCUT2D eigenvalue weighted by atomic mass is 9.75. The predicted molar refractivity (Wildman–Crippen MR) is 201 cm³/mol. The lowest BCUT2D eigenvalue weighted by molar-refractivity contribution is -0.551. The lowest BCUT2D eigenvalue weighted by Gasteiger charge is -2.38. The molecule has 15 rings (SSSR count). The van der Waals surface area contributed by atoms with E-state index in [1.807, 2.05) is 6.20 Å². The van der Waals surface area contributed by atoms with Crippen LogP contribution < -0.4 is 0 Å². The molecular weight excluding hydrogens is 611 g/mol. The smallest absolute Gasteiger partial charge is 0.187 e. The molecule has 2 aromatic heterocycles. The largest absolute Gasteiger partial charge is 0.350 e. The first-order chi connectivity index (χ1) is 25.7. The van der Waals surface area contributed by atoms with E-state index in [0.717, 1.165) is 54.3 Å². The third-order valence-electron chi connectivity index (χ3n) is 14.6. The van der Waals surface area contributed by atoms with Gasteiger partial charge in [0.2, 0.25) is 0 Å². The van der Waals surface area contributed by atoms with E-state index in [9.17, 15) is 0 Å². The zero-order valence-electron chi connectivity index (χ0n) is 31.9. The van der Waals surface area contributed by atoms with Crippen LogP contribution >= 0.6 is 0 Å². The van der Waals surface area contributed by atoms with Crippen molar-refractivity contribution < 1.29 is 16.5 Å². The van der Waals surface area contributed by atoms with E-state index in [0.29, 0.717) is 11.8 Å². The van der Waals surface area contributed by atoms with Crippen molar-refractivity contribution in [2.45, 2.75) is 126 Å². The molecule has 0 aromatic carbocycles. The summed E-state index contributed by atoms with van der Waals surface area (Å²) in [6, 6.07) is 11.5. The topological polar surface area (TPSA) is 18.9 Å². The molecule has 0 spiro atoms. The highest BCUT2D eigenvalue weighted by Crippen LogP contribution is 2.60. The fourth-order valence-electron chi connectivity index (χ4n) is 11.4. The number of nitrogens with zero attached hydrogens (tertiary/aromatic N) is 5. The quantitative estimate of drug-likeness (QED) is 0.288. The SMILES string of the molecule is C1=C2C3CC3[N+]2=CC1.C1=CC2=[N+](C1)C1CC21.[2H]C1C(C2CCCCC2)C2=[N+]1CC=C2.[2H]C1C(C2CCCCC2)c2cccn21.c1cc2n(c1)C1CC21. The van der Waals surface area contributed by atoms with Crippen LogP contribution in [0.2, 0.25) is 0 Å². The van der Waals surface area contributed by atoms with Crippen molar-refractivity contribution in [3.63, 3.8) is 0 Å². The summed E-state index contributed by atoms with van der Waals surface area (Å²) >= 11 is 0. The minimum Gasteiger partial charge on any atom is -0.350 e. The molecule has 0 radical (unpaired) electrons. The normalized spacial score (nSPS) is 40.2. The van der Waals surface area contributed by atoms with Gasteiger partial charge >= 0.3 is 0 Å². The summed E-state index contributed by atoms with van der Waals surface area (Å²) < 4.78 is 27.8. The molecular formula is C45H58N5+3. The molecule has 6 fully saturated rings. The van der Waals surface area contributed by atoms with Gasteiger partial charge in [0.15, 0.2) is 48.8 Å². The van der Waals surface area contributed by atoms with Gasteiger partial charge < -0.3 is 9.13 Å². The number of allylic oxidation sites excluding steroid dienone is 3. The Morgan fingerprint density at radius 1 is 0.680 bits per heavy atom. The van der Waals surface area contributed by atoms with Gasteiger partial charge in [0.25, 0.3) is 0 Å². The molecule has 10 heterocycles.